The van der Waals surface area contributed by atoms with Gasteiger partial charge in [-0.15, -0.1) is 0 Å². The molecule has 1 fully saturated rings. The van der Waals surface area contributed by atoms with Gasteiger partial charge in [-0.05, 0) is 88.6 Å². The maximum absolute atomic E-state index is 12.5. The number of rotatable bonds is 6. The van der Waals surface area contributed by atoms with Crippen molar-refractivity contribution in [3.05, 3.63) is 59.7 Å². The Labute approximate surface area is 176 Å². The minimum absolute atomic E-state index is 0.0211. The van der Waals surface area contributed by atoms with Crippen molar-refractivity contribution < 1.29 is 23.9 Å². The molecule has 0 radical (unpaired) electrons. The molecular weight excluding hydrogens is 382 g/mol. The summed E-state index contributed by atoms with van der Waals surface area (Å²) in [4.78, 5) is 38.1. The van der Waals surface area contributed by atoms with Crippen LogP contribution < -0.4 is 9.47 Å². The van der Waals surface area contributed by atoms with Crippen LogP contribution in [0.15, 0.2) is 48.5 Å². The molecule has 158 valence electrons. The van der Waals surface area contributed by atoms with E-state index in [1.165, 1.54) is 6.92 Å². The van der Waals surface area contributed by atoms with Gasteiger partial charge in [-0.1, -0.05) is 0 Å². The van der Waals surface area contributed by atoms with Crippen molar-refractivity contribution in [1.29, 1.82) is 0 Å². The normalized spacial score (nSPS) is 18.6. The third-order valence-corrected chi connectivity index (χ3v) is 5.41. The van der Waals surface area contributed by atoms with E-state index in [9.17, 15) is 14.4 Å². The molecule has 0 aromatic heterocycles. The van der Waals surface area contributed by atoms with Crippen LogP contribution in [0.2, 0.25) is 0 Å². The number of Topliss-reactive ketones (excluding diaryl/α,β-unsaturated/α-hetero) is 1. The van der Waals surface area contributed by atoms with Crippen LogP contribution in [0.3, 0.4) is 0 Å². The van der Waals surface area contributed by atoms with Crippen molar-refractivity contribution in [3.63, 3.8) is 0 Å². The summed E-state index contributed by atoms with van der Waals surface area (Å²) in [6.45, 7) is 5.59. The summed E-state index contributed by atoms with van der Waals surface area (Å²) >= 11 is 0. The van der Waals surface area contributed by atoms with Crippen LogP contribution in [0.4, 0.5) is 0 Å². The average Bonchev–Trinajstić information content (AvgIpc) is 2.73. The second-order valence-corrected chi connectivity index (χ2v) is 7.71. The molecule has 2 aromatic rings. The Balaban J connectivity index is 1.54. The van der Waals surface area contributed by atoms with Gasteiger partial charge in [-0.2, -0.15) is 0 Å². The molecule has 1 aliphatic heterocycles. The molecule has 1 aliphatic rings. The lowest BCUT2D eigenvalue weighted by molar-refractivity contribution is -0.139. The third-order valence-electron chi connectivity index (χ3n) is 5.41. The van der Waals surface area contributed by atoms with Gasteiger partial charge in [0.15, 0.2) is 12.4 Å². The number of hydrogen-bond acceptors (Lipinski definition) is 5. The highest BCUT2D eigenvalue weighted by Gasteiger charge is 2.28. The standard InChI is InChI=1S/C24H27NO5/c1-16-5-4-6-17(2)25(16)23(27)15-29-21-11-9-20(10-12-21)24(28)30-22-13-7-19(8-14-22)18(3)26/h7-14,16-17H,4-6,15H2,1-3H3/t16-,17+. The molecule has 3 rings (SSSR count). The zero-order valence-corrected chi connectivity index (χ0v) is 17.6. The molecule has 0 unspecified atom stereocenters. The zero-order chi connectivity index (χ0) is 21.7. The molecule has 6 heteroatoms. The molecule has 1 saturated heterocycles. The van der Waals surface area contributed by atoms with E-state index in [2.05, 4.69) is 13.8 Å². The number of hydrogen-bond donors (Lipinski definition) is 0. The van der Waals surface area contributed by atoms with E-state index < -0.39 is 5.97 Å². The van der Waals surface area contributed by atoms with E-state index in [4.69, 9.17) is 9.47 Å². The topological polar surface area (TPSA) is 72.9 Å². The van der Waals surface area contributed by atoms with Crippen molar-refractivity contribution in [2.24, 2.45) is 0 Å². The van der Waals surface area contributed by atoms with Gasteiger partial charge in [0, 0.05) is 17.6 Å². The number of carbonyl (C=O) groups is 3. The molecule has 0 bridgehead atoms. The van der Waals surface area contributed by atoms with Crippen molar-refractivity contribution in [3.8, 4) is 11.5 Å². The van der Waals surface area contributed by atoms with E-state index in [-0.39, 0.29) is 30.4 Å². The first-order valence-corrected chi connectivity index (χ1v) is 10.2. The predicted octanol–water partition coefficient (Wildman–Crippen LogP) is 4.28. The molecule has 6 nitrogen and oxygen atoms in total. The first-order chi connectivity index (χ1) is 14.3. The summed E-state index contributed by atoms with van der Waals surface area (Å²) in [5.74, 6) is 0.297. The molecule has 0 spiro atoms. The number of benzene rings is 2. The number of piperidine rings is 1. The minimum atomic E-state index is -0.510. The van der Waals surface area contributed by atoms with Gasteiger partial charge in [0.05, 0.1) is 5.56 Å². The van der Waals surface area contributed by atoms with Crippen LogP contribution in [0, 0.1) is 0 Å². The second kappa shape index (κ2) is 9.57. The summed E-state index contributed by atoms with van der Waals surface area (Å²) in [7, 11) is 0. The lowest BCUT2D eigenvalue weighted by atomic mass is 9.97. The fraction of sp³-hybridized carbons (Fsp3) is 0.375. The minimum Gasteiger partial charge on any atom is -0.484 e. The largest absolute Gasteiger partial charge is 0.484 e. The third kappa shape index (κ3) is 5.26. The summed E-state index contributed by atoms with van der Waals surface area (Å²) in [5, 5.41) is 0. The first kappa shape index (κ1) is 21.6. The van der Waals surface area contributed by atoms with E-state index in [1.54, 1.807) is 48.5 Å². The molecule has 30 heavy (non-hydrogen) atoms. The van der Waals surface area contributed by atoms with Crippen LogP contribution in [-0.2, 0) is 4.79 Å². The highest BCUT2D eigenvalue weighted by atomic mass is 16.5. The van der Waals surface area contributed by atoms with Crippen molar-refractivity contribution in [2.45, 2.75) is 52.1 Å². The number of ketones is 1. The Bertz CT molecular complexity index is 894. The summed E-state index contributed by atoms with van der Waals surface area (Å²) in [5.41, 5.74) is 0.918. The monoisotopic (exact) mass is 409 g/mol. The van der Waals surface area contributed by atoms with E-state index in [1.807, 2.05) is 4.90 Å². The van der Waals surface area contributed by atoms with Crippen LogP contribution in [-0.4, -0.2) is 41.3 Å². The van der Waals surface area contributed by atoms with Gasteiger partial charge in [0.25, 0.3) is 5.91 Å². The summed E-state index contributed by atoms with van der Waals surface area (Å²) in [6.07, 6.45) is 3.18. The van der Waals surface area contributed by atoms with Gasteiger partial charge >= 0.3 is 5.97 Å². The second-order valence-electron chi connectivity index (χ2n) is 7.71. The molecular formula is C24H27NO5. The van der Waals surface area contributed by atoms with Gasteiger partial charge in [-0.25, -0.2) is 4.79 Å². The Morgan fingerprint density at radius 3 is 1.97 bits per heavy atom. The highest BCUT2D eigenvalue weighted by molar-refractivity contribution is 5.94. The quantitative estimate of drug-likeness (QED) is 0.405. The van der Waals surface area contributed by atoms with Crippen LogP contribution in [0.25, 0.3) is 0 Å². The Morgan fingerprint density at radius 1 is 0.867 bits per heavy atom. The molecule has 0 saturated carbocycles. The SMILES string of the molecule is CC(=O)c1ccc(OC(=O)c2ccc(OCC(=O)N3[C@H](C)CCC[C@@H]3C)cc2)cc1. The smallest absolute Gasteiger partial charge is 0.343 e. The van der Waals surface area contributed by atoms with Gasteiger partial charge in [-0.3, -0.25) is 9.59 Å². The molecule has 2 aromatic carbocycles. The van der Waals surface area contributed by atoms with Crippen molar-refractivity contribution in [1.82, 2.24) is 4.90 Å². The summed E-state index contributed by atoms with van der Waals surface area (Å²) < 4.78 is 11.0. The number of likely N-dealkylation sites (tertiary alicyclic amines) is 1. The number of esters is 1. The molecule has 0 aliphatic carbocycles. The number of ether oxygens (including phenoxy) is 2. The Kier molecular flexibility index (Phi) is 6.87. The van der Waals surface area contributed by atoms with E-state index in [0.717, 1.165) is 19.3 Å². The van der Waals surface area contributed by atoms with Crippen molar-refractivity contribution in [2.75, 3.05) is 6.61 Å². The van der Waals surface area contributed by atoms with Gasteiger partial charge in [0.1, 0.15) is 11.5 Å². The molecule has 2 atom stereocenters. The van der Waals surface area contributed by atoms with E-state index in [0.29, 0.717) is 22.6 Å². The average molecular weight is 409 g/mol. The van der Waals surface area contributed by atoms with Crippen molar-refractivity contribution >= 4 is 17.7 Å². The van der Waals surface area contributed by atoms with Crippen LogP contribution >= 0.6 is 0 Å². The number of nitrogens with zero attached hydrogens (tertiary/aromatic N) is 1. The fourth-order valence-electron chi connectivity index (χ4n) is 3.74. The Morgan fingerprint density at radius 2 is 1.40 bits per heavy atom. The predicted molar refractivity (Wildman–Crippen MR) is 113 cm³/mol. The fourth-order valence-corrected chi connectivity index (χ4v) is 3.74. The molecule has 1 amide bonds. The maximum Gasteiger partial charge on any atom is 0.343 e. The van der Waals surface area contributed by atoms with Gasteiger partial charge in [0.2, 0.25) is 0 Å². The van der Waals surface area contributed by atoms with Crippen LogP contribution in [0.1, 0.15) is 60.7 Å². The van der Waals surface area contributed by atoms with Crippen LogP contribution in [0.5, 0.6) is 11.5 Å². The number of carbonyl (C=O) groups excluding carboxylic acids is 3. The van der Waals surface area contributed by atoms with Gasteiger partial charge < -0.3 is 14.4 Å². The highest BCUT2D eigenvalue weighted by Crippen LogP contribution is 2.23. The molecule has 1 heterocycles. The molecule has 0 N–H and O–H groups in total. The maximum atomic E-state index is 12.5. The lowest BCUT2D eigenvalue weighted by Crippen LogP contribution is -2.49. The zero-order valence-electron chi connectivity index (χ0n) is 17.6. The first-order valence-electron chi connectivity index (χ1n) is 10.2. The lowest BCUT2D eigenvalue weighted by Gasteiger charge is -2.38. The summed E-state index contributed by atoms with van der Waals surface area (Å²) in [6, 6.07) is 13.3. The van der Waals surface area contributed by atoms with E-state index >= 15 is 0 Å². The number of amides is 1. The Hall–Kier alpha value is -3.15.